The van der Waals surface area contributed by atoms with E-state index in [0.29, 0.717) is 18.3 Å². The summed E-state index contributed by atoms with van der Waals surface area (Å²) in [6.07, 6.45) is 1.43. The van der Waals surface area contributed by atoms with Gasteiger partial charge < -0.3 is 14.8 Å². The van der Waals surface area contributed by atoms with Gasteiger partial charge in [-0.15, -0.1) is 0 Å². The summed E-state index contributed by atoms with van der Waals surface area (Å²) in [5.74, 6) is 1.06. The third-order valence-corrected chi connectivity index (χ3v) is 3.14. The van der Waals surface area contributed by atoms with Crippen LogP contribution in [0.5, 0.6) is 11.8 Å². The maximum Gasteiger partial charge on any atom is 0.224 e. The maximum absolute atomic E-state index is 5.25. The summed E-state index contributed by atoms with van der Waals surface area (Å²) in [7, 11) is 3.18. The van der Waals surface area contributed by atoms with Crippen molar-refractivity contribution < 1.29 is 9.47 Å². The van der Waals surface area contributed by atoms with Crippen LogP contribution in [-0.4, -0.2) is 24.2 Å². The van der Waals surface area contributed by atoms with Crippen molar-refractivity contribution >= 4 is 0 Å². The molecule has 0 fully saturated rings. The minimum Gasteiger partial charge on any atom is -0.481 e. The first-order chi connectivity index (χ1) is 9.76. The molecule has 1 aromatic heterocycles. The molecule has 2 aromatic rings. The number of rotatable bonds is 6. The van der Waals surface area contributed by atoms with Gasteiger partial charge in [0, 0.05) is 12.6 Å². The summed E-state index contributed by atoms with van der Waals surface area (Å²) in [5, 5.41) is 3.42. The number of ether oxygens (including phenoxy) is 2. The Morgan fingerprint density at radius 3 is 2.20 bits per heavy atom. The van der Waals surface area contributed by atoms with E-state index in [1.54, 1.807) is 14.2 Å². The summed E-state index contributed by atoms with van der Waals surface area (Å²) in [4.78, 5) is 8.21. The number of aromatic nitrogens is 2. The molecule has 0 bridgehead atoms. The van der Waals surface area contributed by atoms with Gasteiger partial charge in [-0.05, 0) is 12.5 Å². The molecular weight excluding hydrogens is 254 g/mol. The maximum atomic E-state index is 5.25. The van der Waals surface area contributed by atoms with Crippen molar-refractivity contribution in [2.45, 2.75) is 19.5 Å². The van der Waals surface area contributed by atoms with Crippen LogP contribution in [0.4, 0.5) is 0 Å². The van der Waals surface area contributed by atoms with Crippen molar-refractivity contribution in [3.63, 3.8) is 0 Å². The molecule has 0 aliphatic heterocycles. The molecule has 0 saturated heterocycles. The first kappa shape index (κ1) is 14.3. The van der Waals surface area contributed by atoms with Crippen molar-refractivity contribution in [2.75, 3.05) is 14.2 Å². The third kappa shape index (κ3) is 3.24. The highest BCUT2D eigenvalue weighted by Gasteiger charge is 2.14. The Hall–Kier alpha value is -2.14. The van der Waals surface area contributed by atoms with Crippen LogP contribution in [0.2, 0.25) is 0 Å². The fraction of sp³-hybridized carbons (Fsp3) is 0.333. The molecule has 0 unspecified atom stereocenters. The summed E-state index contributed by atoms with van der Waals surface area (Å²) in [6.45, 7) is 2.68. The highest BCUT2D eigenvalue weighted by molar-refractivity contribution is 5.34. The van der Waals surface area contributed by atoms with Gasteiger partial charge in [-0.1, -0.05) is 30.3 Å². The monoisotopic (exact) mass is 273 g/mol. The number of nitrogens with one attached hydrogen (secondary N) is 1. The molecule has 20 heavy (non-hydrogen) atoms. The molecule has 106 valence electrons. The van der Waals surface area contributed by atoms with Crippen molar-refractivity contribution in [3.8, 4) is 11.8 Å². The second-order valence-electron chi connectivity index (χ2n) is 4.38. The standard InChI is InChI=1S/C15H19N3O2/c1-11(12-7-5-4-6-8-12)16-9-13-14(19-2)17-10-18-15(13)20-3/h4-8,10-11,16H,9H2,1-3H3/t11-/m0/s1. The predicted molar refractivity (Wildman–Crippen MR) is 76.8 cm³/mol. The first-order valence-electron chi connectivity index (χ1n) is 6.46. The van der Waals surface area contributed by atoms with Gasteiger partial charge in [0.2, 0.25) is 11.8 Å². The first-order valence-corrected chi connectivity index (χ1v) is 6.46. The van der Waals surface area contributed by atoms with Crippen LogP contribution in [0.3, 0.4) is 0 Å². The molecule has 1 atom stereocenters. The zero-order valence-corrected chi connectivity index (χ0v) is 12.0. The predicted octanol–water partition coefficient (Wildman–Crippen LogP) is 2.34. The van der Waals surface area contributed by atoms with E-state index >= 15 is 0 Å². The van der Waals surface area contributed by atoms with Gasteiger partial charge in [0.25, 0.3) is 0 Å². The highest BCUT2D eigenvalue weighted by atomic mass is 16.5. The topological polar surface area (TPSA) is 56.3 Å². The van der Waals surface area contributed by atoms with E-state index in [9.17, 15) is 0 Å². The summed E-state index contributed by atoms with van der Waals surface area (Å²) in [6, 6.07) is 10.5. The van der Waals surface area contributed by atoms with Gasteiger partial charge in [0.15, 0.2) is 0 Å². The fourth-order valence-corrected chi connectivity index (χ4v) is 2.00. The molecule has 1 aromatic carbocycles. The van der Waals surface area contributed by atoms with Crippen LogP contribution in [0.15, 0.2) is 36.7 Å². The second-order valence-corrected chi connectivity index (χ2v) is 4.38. The third-order valence-electron chi connectivity index (χ3n) is 3.14. The van der Waals surface area contributed by atoms with Gasteiger partial charge in [0.1, 0.15) is 6.33 Å². The van der Waals surface area contributed by atoms with Gasteiger partial charge >= 0.3 is 0 Å². The largest absolute Gasteiger partial charge is 0.481 e. The average Bonchev–Trinajstić information content (AvgIpc) is 2.52. The Bertz CT molecular complexity index is 524. The van der Waals surface area contributed by atoms with Crippen molar-refractivity contribution in [2.24, 2.45) is 0 Å². The van der Waals surface area contributed by atoms with E-state index < -0.39 is 0 Å². The molecule has 0 amide bonds. The molecule has 1 heterocycles. The lowest BCUT2D eigenvalue weighted by atomic mass is 10.1. The molecule has 5 heteroatoms. The lowest BCUT2D eigenvalue weighted by Gasteiger charge is -2.16. The fourth-order valence-electron chi connectivity index (χ4n) is 2.00. The van der Waals surface area contributed by atoms with Crippen molar-refractivity contribution in [1.29, 1.82) is 0 Å². The van der Waals surface area contributed by atoms with Crippen LogP contribution in [-0.2, 0) is 6.54 Å². The Labute approximate surface area is 119 Å². The van der Waals surface area contributed by atoms with Crippen LogP contribution in [0.25, 0.3) is 0 Å². The SMILES string of the molecule is COc1ncnc(OC)c1CN[C@@H](C)c1ccccc1. The van der Waals surface area contributed by atoms with Gasteiger partial charge in [-0.2, -0.15) is 0 Å². The lowest BCUT2D eigenvalue weighted by molar-refractivity contribution is 0.357. The second kappa shape index (κ2) is 6.86. The Morgan fingerprint density at radius 2 is 1.65 bits per heavy atom. The molecular formula is C15H19N3O2. The smallest absolute Gasteiger partial charge is 0.224 e. The molecule has 5 nitrogen and oxygen atoms in total. The van der Waals surface area contributed by atoms with Crippen molar-refractivity contribution in [3.05, 3.63) is 47.8 Å². The number of hydrogen-bond acceptors (Lipinski definition) is 5. The highest BCUT2D eigenvalue weighted by Crippen LogP contribution is 2.24. The van der Waals surface area contributed by atoms with Crippen LogP contribution in [0.1, 0.15) is 24.1 Å². The van der Waals surface area contributed by atoms with Gasteiger partial charge in [0.05, 0.1) is 19.8 Å². The summed E-state index contributed by atoms with van der Waals surface area (Å²) >= 11 is 0. The van der Waals surface area contributed by atoms with E-state index in [2.05, 4.69) is 34.3 Å². The molecule has 2 rings (SSSR count). The van der Waals surface area contributed by atoms with Gasteiger partial charge in [-0.25, -0.2) is 9.97 Å². The number of methoxy groups -OCH3 is 2. The van der Waals surface area contributed by atoms with E-state index in [1.165, 1.54) is 11.9 Å². The number of nitrogens with zero attached hydrogens (tertiary/aromatic N) is 2. The van der Waals surface area contributed by atoms with E-state index in [0.717, 1.165) is 5.56 Å². The Balaban J connectivity index is 2.11. The van der Waals surface area contributed by atoms with Crippen LogP contribution >= 0.6 is 0 Å². The van der Waals surface area contributed by atoms with E-state index in [4.69, 9.17) is 9.47 Å². The molecule has 0 spiro atoms. The van der Waals surface area contributed by atoms with E-state index in [1.807, 2.05) is 18.2 Å². The summed E-state index contributed by atoms with van der Waals surface area (Å²) in [5.41, 5.74) is 2.04. The van der Waals surface area contributed by atoms with Crippen molar-refractivity contribution in [1.82, 2.24) is 15.3 Å². The molecule has 0 radical (unpaired) electrons. The average molecular weight is 273 g/mol. The minimum atomic E-state index is 0.214. The molecule has 0 aliphatic rings. The van der Waals surface area contributed by atoms with Gasteiger partial charge in [-0.3, -0.25) is 0 Å². The minimum absolute atomic E-state index is 0.214. The Morgan fingerprint density at radius 1 is 1.05 bits per heavy atom. The van der Waals surface area contributed by atoms with Crippen LogP contribution < -0.4 is 14.8 Å². The quantitative estimate of drug-likeness (QED) is 0.875. The number of hydrogen-bond donors (Lipinski definition) is 1. The Kier molecular flexibility index (Phi) is 4.90. The van der Waals surface area contributed by atoms with E-state index in [-0.39, 0.29) is 6.04 Å². The molecule has 0 saturated carbocycles. The normalized spacial score (nSPS) is 11.9. The summed E-state index contributed by atoms with van der Waals surface area (Å²) < 4.78 is 10.5. The molecule has 1 N–H and O–H groups in total. The molecule has 0 aliphatic carbocycles. The number of benzene rings is 1. The van der Waals surface area contributed by atoms with Crippen LogP contribution in [0, 0.1) is 0 Å². The lowest BCUT2D eigenvalue weighted by Crippen LogP contribution is -2.19. The zero-order chi connectivity index (χ0) is 14.4. The zero-order valence-electron chi connectivity index (χ0n) is 12.0.